The van der Waals surface area contributed by atoms with Crippen molar-refractivity contribution >= 4 is 0 Å². The summed E-state index contributed by atoms with van der Waals surface area (Å²) in [5.41, 5.74) is 1.14. The molecule has 1 aromatic rings. The third-order valence-electron chi connectivity index (χ3n) is 2.42. The minimum absolute atomic E-state index is 0.208. The summed E-state index contributed by atoms with van der Waals surface area (Å²) in [5, 5.41) is 7.44. The fraction of sp³-hybridized carbons (Fsp3) is 0.700. The molecule has 1 unspecified atom stereocenters. The van der Waals surface area contributed by atoms with Crippen LogP contribution in [-0.4, -0.2) is 36.8 Å². The lowest BCUT2D eigenvalue weighted by atomic mass is 10.2. The molecule has 15 heavy (non-hydrogen) atoms. The Morgan fingerprint density at radius 3 is 2.60 bits per heavy atom. The second-order valence-electron chi connectivity index (χ2n) is 3.41. The zero-order chi connectivity index (χ0) is 11.3. The summed E-state index contributed by atoms with van der Waals surface area (Å²) < 4.78 is 12.0. The van der Waals surface area contributed by atoms with Crippen LogP contribution in [-0.2, 0) is 16.5 Å². The van der Waals surface area contributed by atoms with Crippen molar-refractivity contribution in [2.24, 2.45) is 7.05 Å². The van der Waals surface area contributed by atoms with Crippen LogP contribution in [0.4, 0.5) is 0 Å². The van der Waals surface area contributed by atoms with Crippen LogP contribution >= 0.6 is 0 Å². The Morgan fingerprint density at radius 2 is 2.13 bits per heavy atom. The average Bonchev–Trinajstić information content (AvgIpc) is 2.66. The van der Waals surface area contributed by atoms with Gasteiger partial charge >= 0.3 is 0 Å². The summed E-state index contributed by atoms with van der Waals surface area (Å²) in [7, 11) is 5.19. The first-order chi connectivity index (χ1) is 7.19. The molecule has 0 radical (unpaired) electrons. The zero-order valence-corrected chi connectivity index (χ0v) is 9.73. The molecule has 0 bridgehead atoms. The maximum atomic E-state index is 5.09. The lowest BCUT2D eigenvalue weighted by molar-refractivity contribution is -0.0998. The first-order valence-electron chi connectivity index (χ1n) is 4.96. The van der Waals surface area contributed by atoms with Gasteiger partial charge in [0.1, 0.15) is 0 Å². The monoisotopic (exact) mass is 213 g/mol. The van der Waals surface area contributed by atoms with Crippen molar-refractivity contribution in [1.29, 1.82) is 0 Å². The average molecular weight is 213 g/mol. The van der Waals surface area contributed by atoms with E-state index in [1.54, 1.807) is 20.4 Å². The molecule has 0 saturated carbocycles. The predicted octanol–water partition coefficient (Wildman–Crippen LogP) is 0.690. The highest BCUT2D eigenvalue weighted by Crippen LogP contribution is 2.09. The maximum absolute atomic E-state index is 5.09. The second kappa shape index (κ2) is 5.85. The molecule has 1 N–H and O–H groups in total. The van der Waals surface area contributed by atoms with Gasteiger partial charge < -0.3 is 14.8 Å². The molecule has 0 aromatic carbocycles. The lowest BCUT2D eigenvalue weighted by Crippen LogP contribution is -2.32. The molecule has 1 heterocycles. The molecule has 0 aliphatic carbocycles. The number of nitrogens with zero attached hydrogens (tertiary/aromatic N) is 2. The Balaban J connectivity index is 2.42. The number of aryl methyl sites for hydroxylation is 1. The van der Waals surface area contributed by atoms with Gasteiger partial charge in [-0.1, -0.05) is 0 Å². The van der Waals surface area contributed by atoms with Crippen LogP contribution in [0, 0.1) is 0 Å². The maximum Gasteiger partial charge on any atom is 0.169 e. The number of rotatable bonds is 6. The summed E-state index contributed by atoms with van der Waals surface area (Å²) in [4.78, 5) is 0. The van der Waals surface area contributed by atoms with Crippen molar-refractivity contribution in [1.82, 2.24) is 15.1 Å². The third-order valence-corrected chi connectivity index (χ3v) is 2.42. The van der Waals surface area contributed by atoms with Crippen molar-refractivity contribution in [2.45, 2.75) is 19.3 Å². The molecule has 0 saturated heterocycles. The molecule has 0 amide bonds. The van der Waals surface area contributed by atoms with Crippen molar-refractivity contribution in [3.63, 3.8) is 0 Å². The first kappa shape index (κ1) is 12.2. The normalized spacial score (nSPS) is 13.4. The van der Waals surface area contributed by atoms with Crippen LogP contribution in [0.15, 0.2) is 12.3 Å². The van der Waals surface area contributed by atoms with E-state index in [4.69, 9.17) is 9.47 Å². The SMILES string of the molecule is COC(CNC(C)c1ccnn1C)OC. The largest absolute Gasteiger partial charge is 0.355 e. The van der Waals surface area contributed by atoms with Crippen molar-refractivity contribution in [3.05, 3.63) is 18.0 Å². The summed E-state index contributed by atoms with van der Waals surface area (Å²) in [6.45, 7) is 2.73. The number of methoxy groups -OCH3 is 2. The highest BCUT2D eigenvalue weighted by Gasteiger charge is 2.11. The van der Waals surface area contributed by atoms with Crippen LogP contribution in [0.2, 0.25) is 0 Å². The highest BCUT2D eigenvalue weighted by molar-refractivity contribution is 5.05. The van der Waals surface area contributed by atoms with Crippen LogP contribution in [0.25, 0.3) is 0 Å². The molecule has 0 aliphatic rings. The summed E-state index contributed by atoms with van der Waals surface area (Å²) in [6.07, 6.45) is 1.58. The number of aromatic nitrogens is 2. The standard InChI is InChI=1S/C10H19N3O2/c1-8(9-5-6-12-13(9)2)11-7-10(14-3)15-4/h5-6,8,10-11H,7H2,1-4H3. The van der Waals surface area contributed by atoms with Crippen LogP contribution < -0.4 is 5.32 Å². The zero-order valence-electron chi connectivity index (χ0n) is 9.73. The van der Waals surface area contributed by atoms with Gasteiger partial charge in [-0.15, -0.1) is 0 Å². The van der Waals surface area contributed by atoms with E-state index in [-0.39, 0.29) is 12.3 Å². The van der Waals surface area contributed by atoms with Gasteiger partial charge in [0.05, 0.1) is 5.69 Å². The molecular formula is C10H19N3O2. The number of ether oxygens (including phenoxy) is 2. The Morgan fingerprint density at radius 1 is 1.47 bits per heavy atom. The minimum Gasteiger partial charge on any atom is -0.355 e. The van der Waals surface area contributed by atoms with E-state index in [0.29, 0.717) is 6.54 Å². The van der Waals surface area contributed by atoms with E-state index < -0.39 is 0 Å². The van der Waals surface area contributed by atoms with E-state index >= 15 is 0 Å². The van der Waals surface area contributed by atoms with E-state index in [1.807, 2.05) is 17.8 Å². The van der Waals surface area contributed by atoms with Crippen molar-refractivity contribution in [3.8, 4) is 0 Å². The van der Waals surface area contributed by atoms with E-state index in [1.165, 1.54) is 0 Å². The van der Waals surface area contributed by atoms with E-state index in [0.717, 1.165) is 5.69 Å². The van der Waals surface area contributed by atoms with Crippen molar-refractivity contribution in [2.75, 3.05) is 20.8 Å². The summed E-state index contributed by atoms with van der Waals surface area (Å²) in [6, 6.07) is 2.22. The van der Waals surface area contributed by atoms with Gasteiger partial charge in [-0.2, -0.15) is 5.10 Å². The Bertz CT molecular complexity index is 284. The molecule has 0 fully saturated rings. The molecule has 5 heteroatoms. The molecule has 1 aromatic heterocycles. The predicted molar refractivity (Wildman–Crippen MR) is 57.4 cm³/mol. The van der Waals surface area contributed by atoms with Crippen LogP contribution in [0.3, 0.4) is 0 Å². The van der Waals surface area contributed by atoms with Crippen LogP contribution in [0.5, 0.6) is 0 Å². The molecule has 5 nitrogen and oxygen atoms in total. The van der Waals surface area contributed by atoms with Crippen LogP contribution in [0.1, 0.15) is 18.7 Å². The Hall–Kier alpha value is -0.910. The second-order valence-corrected chi connectivity index (χ2v) is 3.41. The first-order valence-corrected chi connectivity index (χ1v) is 4.96. The van der Waals surface area contributed by atoms with Gasteiger partial charge in [-0.25, -0.2) is 0 Å². The van der Waals surface area contributed by atoms with Gasteiger partial charge in [-0.05, 0) is 13.0 Å². The molecule has 0 spiro atoms. The topological polar surface area (TPSA) is 48.3 Å². The van der Waals surface area contributed by atoms with Gasteiger partial charge in [0.2, 0.25) is 0 Å². The van der Waals surface area contributed by atoms with Gasteiger partial charge in [0.15, 0.2) is 6.29 Å². The highest BCUT2D eigenvalue weighted by atomic mass is 16.7. The fourth-order valence-electron chi connectivity index (χ4n) is 1.45. The smallest absolute Gasteiger partial charge is 0.169 e. The van der Waals surface area contributed by atoms with Gasteiger partial charge in [0.25, 0.3) is 0 Å². The molecule has 0 aliphatic heterocycles. The quantitative estimate of drug-likeness (QED) is 0.706. The number of hydrogen-bond donors (Lipinski definition) is 1. The van der Waals surface area contributed by atoms with Gasteiger partial charge in [-0.3, -0.25) is 4.68 Å². The Kier molecular flexibility index (Phi) is 4.74. The minimum atomic E-state index is -0.208. The molecule has 1 rings (SSSR count). The van der Waals surface area contributed by atoms with Crippen molar-refractivity contribution < 1.29 is 9.47 Å². The molecule has 86 valence electrons. The van der Waals surface area contributed by atoms with E-state index in [9.17, 15) is 0 Å². The summed E-state index contributed by atoms with van der Waals surface area (Å²) >= 11 is 0. The Labute approximate surface area is 90.4 Å². The molecule has 1 atom stereocenters. The fourth-order valence-corrected chi connectivity index (χ4v) is 1.45. The molecular weight excluding hydrogens is 194 g/mol. The number of nitrogens with one attached hydrogen (secondary N) is 1. The number of hydrogen-bond acceptors (Lipinski definition) is 4. The third kappa shape index (κ3) is 3.30. The van der Waals surface area contributed by atoms with Gasteiger partial charge in [0, 0.05) is 40.1 Å². The summed E-state index contributed by atoms with van der Waals surface area (Å²) in [5.74, 6) is 0. The van der Waals surface area contributed by atoms with E-state index in [2.05, 4.69) is 17.3 Å². The lowest BCUT2D eigenvalue weighted by Gasteiger charge is -2.18.